The molecule has 17 heavy (non-hydrogen) atoms. The Labute approximate surface area is 108 Å². The Hall–Kier alpha value is -0.830. The highest BCUT2D eigenvalue weighted by Crippen LogP contribution is 2.39. The number of hydrogen-bond acceptors (Lipinski definition) is 3. The summed E-state index contributed by atoms with van der Waals surface area (Å²) in [6.45, 7) is 6.87. The molecule has 0 spiro atoms. The second-order valence-electron chi connectivity index (χ2n) is 5.83. The predicted octanol–water partition coefficient (Wildman–Crippen LogP) is 3.72. The van der Waals surface area contributed by atoms with Crippen molar-refractivity contribution in [3.05, 3.63) is 17.5 Å². The van der Waals surface area contributed by atoms with Crippen molar-refractivity contribution in [1.82, 2.24) is 9.97 Å². The van der Waals surface area contributed by atoms with Crippen molar-refractivity contribution in [3.8, 4) is 5.88 Å². The quantitative estimate of drug-likeness (QED) is 0.807. The predicted molar refractivity (Wildman–Crippen MR) is 68.3 cm³/mol. The maximum Gasteiger partial charge on any atom is 0.234 e. The lowest BCUT2D eigenvalue weighted by molar-refractivity contribution is 0.0530. The minimum atomic E-state index is 0.224. The summed E-state index contributed by atoms with van der Waals surface area (Å²) in [4.78, 5) is 8.11. The summed E-state index contributed by atoms with van der Waals surface area (Å²) < 4.78 is 5.88. The van der Waals surface area contributed by atoms with Crippen molar-refractivity contribution < 1.29 is 4.74 Å². The first-order valence-electron chi connectivity index (χ1n) is 6.09. The molecule has 2 unspecified atom stereocenters. The molecule has 1 fully saturated rings. The van der Waals surface area contributed by atoms with Gasteiger partial charge in [-0.15, -0.1) is 0 Å². The number of rotatable bonds is 2. The minimum Gasteiger partial charge on any atom is -0.473 e. The van der Waals surface area contributed by atoms with Crippen molar-refractivity contribution in [2.75, 3.05) is 0 Å². The number of halogens is 1. The zero-order valence-corrected chi connectivity index (χ0v) is 11.4. The summed E-state index contributed by atoms with van der Waals surface area (Å²) in [6, 6.07) is 0. The van der Waals surface area contributed by atoms with Crippen LogP contribution in [0, 0.1) is 11.3 Å². The zero-order chi connectivity index (χ0) is 12.5. The molecule has 3 nitrogen and oxygen atoms in total. The maximum absolute atomic E-state index is 5.88. The lowest BCUT2D eigenvalue weighted by atomic mass is 9.71. The van der Waals surface area contributed by atoms with Gasteiger partial charge in [0.25, 0.3) is 0 Å². The van der Waals surface area contributed by atoms with E-state index in [0.717, 1.165) is 12.8 Å². The van der Waals surface area contributed by atoms with Crippen LogP contribution >= 0.6 is 11.6 Å². The molecule has 1 aromatic rings. The molecule has 0 radical (unpaired) electrons. The van der Waals surface area contributed by atoms with Crippen LogP contribution in [0.15, 0.2) is 12.4 Å². The Morgan fingerprint density at radius 3 is 2.76 bits per heavy atom. The van der Waals surface area contributed by atoms with Gasteiger partial charge in [0.15, 0.2) is 5.15 Å². The number of ether oxygens (including phenoxy) is 1. The van der Waals surface area contributed by atoms with Crippen molar-refractivity contribution in [3.63, 3.8) is 0 Å². The van der Waals surface area contributed by atoms with Gasteiger partial charge in [-0.1, -0.05) is 32.4 Å². The fraction of sp³-hybridized carbons (Fsp3) is 0.692. The molecule has 0 bridgehead atoms. The third kappa shape index (κ3) is 3.56. The molecular formula is C13H19ClN2O. The van der Waals surface area contributed by atoms with Crippen LogP contribution in [0.2, 0.25) is 5.15 Å². The van der Waals surface area contributed by atoms with E-state index >= 15 is 0 Å². The molecule has 1 saturated carbocycles. The van der Waals surface area contributed by atoms with Crippen molar-refractivity contribution >= 4 is 11.6 Å². The summed E-state index contributed by atoms with van der Waals surface area (Å²) in [6.07, 6.45) is 6.76. The topological polar surface area (TPSA) is 35.0 Å². The first kappa shape index (κ1) is 12.6. The van der Waals surface area contributed by atoms with Gasteiger partial charge in [0.05, 0.1) is 12.4 Å². The van der Waals surface area contributed by atoms with Crippen molar-refractivity contribution in [2.45, 2.75) is 46.1 Å². The number of nitrogens with zero attached hydrogens (tertiary/aromatic N) is 2. The number of hydrogen-bond donors (Lipinski definition) is 0. The molecule has 94 valence electrons. The van der Waals surface area contributed by atoms with Crippen molar-refractivity contribution in [2.24, 2.45) is 11.3 Å². The van der Waals surface area contributed by atoms with Crippen LogP contribution in [0.4, 0.5) is 0 Å². The van der Waals surface area contributed by atoms with E-state index in [0.29, 0.717) is 22.4 Å². The van der Waals surface area contributed by atoms with Crippen LogP contribution in [0.1, 0.15) is 40.0 Å². The van der Waals surface area contributed by atoms with Gasteiger partial charge in [0.1, 0.15) is 6.10 Å². The van der Waals surface area contributed by atoms with E-state index in [1.54, 1.807) is 6.20 Å². The molecule has 0 N–H and O–H groups in total. The second-order valence-corrected chi connectivity index (χ2v) is 6.22. The van der Waals surface area contributed by atoms with Crippen LogP contribution in [-0.2, 0) is 0 Å². The highest BCUT2D eigenvalue weighted by Gasteiger charge is 2.33. The summed E-state index contributed by atoms with van der Waals surface area (Å²) >= 11 is 5.79. The average molecular weight is 255 g/mol. The van der Waals surface area contributed by atoms with Crippen LogP contribution in [-0.4, -0.2) is 16.1 Å². The Kier molecular flexibility index (Phi) is 3.57. The fourth-order valence-electron chi connectivity index (χ4n) is 2.90. The van der Waals surface area contributed by atoms with Gasteiger partial charge in [-0.2, -0.15) is 4.98 Å². The lowest BCUT2D eigenvalue weighted by Gasteiger charge is -2.38. The average Bonchev–Trinajstić information content (AvgIpc) is 2.13. The molecule has 0 aliphatic heterocycles. The Bertz CT molecular complexity index is 395. The summed E-state index contributed by atoms with van der Waals surface area (Å²) in [5, 5.41) is 0.380. The van der Waals surface area contributed by atoms with E-state index in [4.69, 9.17) is 16.3 Å². The molecule has 4 heteroatoms. The molecule has 0 saturated heterocycles. The summed E-state index contributed by atoms with van der Waals surface area (Å²) in [5.41, 5.74) is 0.342. The smallest absolute Gasteiger partial charge is 0.234 e. The molecule has 1 aliphatic carbocycles. The molecule has 0 amide bonds. The highest BCUT2D eigenvalue weighted by atomic mass is 35.5. The second kappa shape index (κ2) is 4.81. The van der Waals surface area contributed by atoms with E-state index in [1.165, 1.54) is 12.6 Å². The summed E-state index contributed by atoms with van der Waals surface area (Å²) in [5.74, 6) is 1.23. The zero-order valence-electron chi connectivity index (χ0n) is 10.6. The lowest BCUT2D eigenvalue weighted by Crippen LogP contribution is -2.34. The van der Waals surface area contributed by atoms with Crippen LogP contribution < -0.4 is 4.74 Å². The van der Waals surface area contributed by atoms with Gasteiger partial charge in [0, 0.05) is 0 Å². The van der Waals surface area contributed by atoms with Crippen molar-refractivity contribution in [1.29, 1.82) is 0 Å². The van der Waals surface area contributed by atoms with E-state index in [2.05, 4.69) is 30.7 Å². The highest BCUT2D eigenvalue weighted by molar-refractivity contribution is 6.29. The van der Waals surface area contributed by atoms with Gasteiger partial charge in [-0.3, -0.25) is 4.98 Å². The Balaban J connectivity index is 2.03. The van der Waals surface area contributed by atoms with Crippen LogP contribution in [0.3, 0.4) is 0 Å². The molecule has 2 rings (SSSR count). The van der Waals surface area contributed by atoms with E-state index in [9.17, 15) is 0 Å². The molecule has 0 aromatic carbocycles. The number of aromatic nitrogens is 2. The molecular weight excluding hydrogens is 236 g/mol. The van der Waals surface area contributed by atoms with Gasteiger partial charge in [-0.05, 0) is 30.6 Å². The first-order chi connectivity index (χ1) is 7.94. The minimum absolute atomic E-state index is 0.224. The van der Waals surface area contributed by atoms with Crippen LogP contribution in [0.25, 0.3) is 0 Å². The SMILES string of the molecule is CC1CC(Oc2cncc(Cl)n2)CC(C)(C)C1. The normalized spacial score (nSPS) is 27.8. The Morgan fingerprint density at radius 1 is 1.35 bits per heavy atom. The molecule has 1 heterocycles. The maximum atomic E-state index is 5.88. The third-order valence-corrected chi connectivity index (χ3v) is 3.40. The Morgan fingerprint density at radius 2 is 2.12 bits per heavy atom. The largest absolute Gasteiger partial charge is 0.473 e. The standard InChI is InChI=1S/C13H19ClN2O/c1-9-4-10(6-13(2,3)5-9)17-12-8-15-7-11(14)16-12/h7-10H,4-6H2,1-3H3. The molecule has 2 atom stereocenters. The monoisotopic (exact) mass is 254 g/mol. The van der Waals surface area contributed by atoms with Gasteiger partial charge >= 0.3 is 0 Å². The summed E-state index contributed by atoms with van der Waals surface area (Å²) in [7, 11) is 0. The van der Waals surface area contributed by atoms with Crippen LogP contribution in [0.5, 0.6) is 5.88 Å². The molecule has 1 aliphatic rings. The fourth-order valence-corrected chi connectivity index (χ4v) is 3.04. The van der Waals surface area contributed by atoms with E-state index in [-0.39, 0.29) is 6.10 Å². The molecule has 1 aromatic heterocycles. The van der Waals surface area contributed by atoms with E-state index in [1.807, 2.05) is 0 Å². The van der Waals surface area contributed by atoms with Gasteiger partial charge in [-0.25, -0.2) is 0 Å². The third-order valence-electron chi connectivity index (χ3n) is 3.22. The van der Waals surface area contributed by atoms with Gasteiger partial charge in [0.2, 0.25) is 5.88 Å². The van der Waals surface area contributed by atoms with E-state index < -0.39 is 0 Å². The first-order valence-corrected chi connectivity index (χ1v) is 6.47. The van der Waals surface area contributed by atoms with Gasteiger partial charge < -0.3 is 4.74 Å².